The first-order valence-electron chi connectivity index (χ1n) is 5.05. The van der Waals surface area contributed by atoms with Crippen LogP contribution >= 0.6 is 0 Å². The number of rotatable bonds is 2. The van der Waals surface area contributed by atoms with Crippen LogP contribution in [0.2, 0.25) is 0 Å². The average Bonchev–Trinajstić information content (AvgIpc) is 2.29. The SMILES string of the molecule is CC1(C)OCCC1N[S+]([O-])C(C)(C)C. The molecule has 0 amide bonds. The van der Waals surface area contributed by atoms with Crippen molar-refractivity contribution < 1.29 is 9.29 Å². The van der Waals surface area contributed by atoms with Crippen LogP contribution in [0.5, 0.6) is 0 Å². The molecule has 0 aromatic rings. The molecule has 0 aromatic heterocycles. The molecular formula is C10H21NO2S. The van der Waals surface area contributed by atoms with Crippen molar-refractivity contribution in [3.63, 3.8) is 0 Å². The molecule has 0 spiro atoms. The number of hydrogen-bond acceptors (Lipinski definition) is 3. The van der Waals surface area contributed by atoms with Crippen molar-refractivity contribution >= 4 is 11.4 Å². The first kappa shape index (κ1) is 12.3. The van der Waals surface area contributed by atoms with E-state index in [0.29, 0.717) is 0 Å². The maximum atomic E-state index is 11.9. The summed E-state index contributed by atoms with van der Waals surface area (Å²) in [5.41, 5.74) is -0.194. The van der Waals surface area contributed by atoms with Crippen molar-refractivity contribution in [2.45, 2.75) is 57.4 Å². The lowest BCUT2D eigenvalue weighted by atomic mass is 10.0. The molecule has 0 bridgehead atoms. The van der Waals surface area contributed by atoms with Gasteiger partial charge in [0.05, 0.1) is 11.6 Å². The molecule has 1 N–H and O–H groups in total. The van der Waals surface area contributed by atoms with E-state index < -0.39 is 11.4 Å². The van der Waals surface area contributed by atoms with Crippen molar-refractivity contribution in [1.82, 2.24) is 4.72 Å². The van der Waals surface area contributed by atoms with E-state index in [9.17, 15) is 4.55 Å². The molecule has 4 heteroatoms. The standard InChI is InChI=1S/C10H21NO2S/c1-9(2,3)14(12)11-8-6-7-13-10(8,4)5/h8,11H,6-7H2,1-5H3. The van der Waals surface area contributed by atoms with Crippen LogP contribution in [-0.2, 0) is 16.1 Å². The molecule has 2 unspecified atom stereocenters. The van der Waals surface area contributed by atoms with Crippen LogP contribution in [0.15, 0.2) is 0 Å². The summed E-state index contributed by atoms with van der Waals surface area (Å²) in [6, 6.07) is 0.197. The quantitative estimate of drug-likeness (QED) is 0.718. The Kier molecular flexibility index (Phi) is 3.52. The second-order valence-corrected chi connectivity index (χ2v) is 7.29. The van der Waals surface area contributed by atoms with Gasteiger partial charge in [0, 0.05) is 18.0 Å². The van der Waals surface area contributed by atoms with Gasteiger partial charge in [0.25, 0.3) is 0 Å². The van der Waals surface area contributed by atoms with Crippen molar-refractivity contribution in [2.75, 3.05) is 6.61 Å². The Labute approximate surface area is 89.9 Å². The Morgan fingerprint density at radius 1 is 1.43 bits per heavy atom. The Morgan fingerprint density at radius 2 is 2.00 bits per heavy atom. The predicted octanol–water partition coefficient (Wildman–Crippen LogP) is 1.61. The van der Waals surface area contributed by atoms with E-state index in [1.165, 1.54) is 0 Å². The molecule has 0 aliphatic carbocycles. The minimum absolute atomic E-state index is 0.194. The van der Waals surface area contributed by atoms with Crippen LogP contribution in [0.1, 0.15) is 41.0 Å². The number of ether oxygens (including phenoxy) is 1. The van der Waals surface area contributed by atoms with Crippen molar-refractivity contribution in [1.29, 1.82) is 0 Å². The first-order chi connectivity index (χ1) is 6.23. The average molecular weight is 219 g/mol. The van der Waals surface area contributed by atoms with Gasteiger partial charge < -0.3 is 9.29 Å². The van der Waals surface area contributed by atoms with E-state index in [1.807, 2.05) is 34.6 Å². The van der Waals surface area contributed by atoms with E-state index in [4.69, 9.17) is 4.74 Å². The van der Waals surface area contributed by atoms with Gasteiger partial charge in [-0.25, -0.2) is 0 Å². The van der Waals surface area contributed by atoms with E-state index in [2.05, 4.69) is 4.72 Å². The molecule has 0 aromatic carbocycles. The molecule has 1 fully saturated rings. The third-order valence-corrected chi connectivity index (χ3v) is 4.14. The molecule has 1 rings (SSSR count). The van der Waals surface area contributed by atoms with Crippen LogP contribution in [-0.4, -0.2) is 27.5 Å². The first-order valence-corrected chi connectivity index (χ1v) is 6.20. The molecule has 3 nitrogen and oxygen atoms in total. The van der Waals surface area contributed by atoms with Gasteiger partial charge in [-0.2, -0.15) is 0 Å². The Balaban J connectivity index is 2.52. The Morgan fingerprint density at radius 3 is 2.36 bits per heavy atom. The van der Waals surface area contributed by atoms with Crippen LogP contribution in [0, 0.1) is 0 Å². The lowest BCUT2D eigenvalue weighted by molar-refractivity contribution is 0.0255. The molecule has 1 heterocycles. The fourth-order valence-electron chi connectivity index (χ4n) is 1.39. The third-order valence-electron chi connectivity index (χ3n) is 2.53. The molecule has 1 aliphatic rings. The lowest BCUT2D eigenvalue weighted by Crippen LogP contribution is -2.51. The second-order valence-electron chi connectivity index (χ2n) is 5.29. The van der Waals surface area contributed by atoms with Crippen LogP contribution in [0.3, 0.4) is 0 Å². The summed E-state index contributed by atoms with van der Waals surface area (Å²) in [6.45, 7) is 10.7. The molecule has 14 heavy (non-hydrogen) atoms. The molecular weight excluding hydrogens is 198 g/mol. The minimum atomic E-state index is -1.00. The lowest BCUT2D eigenvalue weighted by Gasteiger charge is -2.31. The highest BCUT2D eigenvalue weighted by Gasteiger charge is 2.40. The fraction of sp³-hybridized carbons (Fsp3) is 1.00. The number of nitrogens with one attached hydrogen (secondary N) is 1. The molecule has 1 saturated heterocycles. The highest BCUT2D eigenvalue weighted by Crippen LogP contribution is 2.27. The van der Waals surface area contributed by atoms with Crippen LogP contribution in [0.25, 0.3) is 0 Å². The Bertz CT molecular complexity index is 201. The monoisotopic (exact) mass is 219 g/mol. The highest BCUT2D eigenvalue weighted by atomic mass is 32.2. The maximum absolute atomic E-state index is 11.9. The van der Waals surface area contributed by atoms with Gasteiger partial charge in [0.1, 0.15) is 4.75 Å². The largest absolute Gasteiger partial charge is 0.598 e. The summed E-state index contributed by atoms with van der Waals surface area (Å²) in [7, 11) is 0. The predicted molar refractivity (Wildman–Crippen MR) is 59.5 cm³/mol. The van der Waals surface area contributed by atoms with E-state index in [1.54, 1.807) is 0 Å². The van der Waals surface area contributed by atoms with Crippen LogP contribution in [0.4, 0.5) is 0 Å². The van der Waals surface area contributed by atoms with Gasteiger partial charge in [-0.05, 0) is 41.0 Å². The van der Waals surface area contributed by atoms with Gasteiger partial charge in [0.15, 0.2) is 0 Å². The third kappa shape index (κ3) is 2.86. The molecule has 0 radical (unpaired) electrons. The zero-order chi connectivity index (χ0) is 11.0. The van der Waals surface area contributed by atoms with Crippen molar-refractivity contribution in [3.8, 4) is 0 Å². The normalized spacial score (nSPS) is 29.1. The zero-order valence-electron chi connectivity index (χ0n) is 9.72. The van der Waals surface area contributed by atoms with E-state index in [0.717, 1.165) is 13.0 Å². The highest BCUT2D eigenvalue weighted by molar-refractivity contribution is 7.90. The fourth-order valence-corrected chi connectivity index (χ4v) is 2.41. The molecule has 84 valence electrons. The van der Waals surface area contributed by atoms with Gasteiger partial charge in [-0.1, -0.05) is 0 Å². The van der Waals surface area contributed by atoms with Gasteiger partial charge in [0.2, 0.25) is 0 Å². The maximum Gasteiger partial charge on any atom is 0.136 e. The summed E-state index contributed by atoms with van der Waals surface area (Å²) in [5.74, 6) is 0. The van der Waals surface area contributed by atoms with Gasteiger partial charge >= 0.3 is 0 Å². The smallest absolute Gasteiger partial charge is 0.136 e. The van der Waals surface area contributed by atoms with Crippen LogP contribution < -0.4 is 4.72 Å². The minimum Gasteiger partial charge on any atom is -0.598 e. The summed E-state index contributed by atoms with van der Waals surface area (Å²) < 4.78 is 20.4. The summed E-state index contributed by atoms with van der Waals surface area (Å²) in [6.07, 6.45) is 0.939. The molecule has 1 aliphatic heterocycles. The molecule has 2 atom stereocenters. The van der Waals surface area contributed by atoms with Crippen molar-refractivity contribution in [2.24, 2.45) is 0 Å². The Hall–Kier alpha value is 0.230. The second kappa shape index (κ2) is 4.00. The number of hydrogen-bond donors (Lipinski definition) is 1. The van der Waals surface area contributed by atoms with E-state index in [-0.39, 0.29) is 16.4 Å². The molecule has 0 saturated carbocycles. The summed E-state index contributed by atoms with van der Waals surface area (Å²) in [5, 5.41) is 0. The zero-order valence-corrected chi connectivity index (χ0v) is 10.5. The summed E-state index contributed by atoms with van der Waals surface area (Å²) in [4.78, 5) is 0. The topological polar surface area (TPSA) is 44.3 Å². The van der Waals surface area contributed by atoms with Gasteiger partial charge in [-0.3, -0.25) is 0 Å². The van der Waals surface area contributed by atoms with Crippen molar-refractivity contribution in [3.05, 3.63) is 0 Å². The van der Waals surface area contributed by atoms with E-state index >= 15 is 0 Å². The summed E-state index contributed by atoms with van der Waals surface area (Å²) >= 11 is -1.00. The van der Waals surface area contributed by atoms with Gasteiger partial charge in [-0.15, -0.1) is 4.72 Å².